The van der Waals surface area contributed by atoms with Gasteiger partial charge in [0, 0.05) is 37.4 Å². The minimum atomic E-state index is -0.110. The van der Waals surface area contributed by atoms with E-state index in [-0.39, 0.29) is 11.8 Å². The van der Waals surface area contributed by atoms with E-state index >= 15 is 0 Å². The Morgan fingerprint density at radius 1 is 1.18 bits per heavy atom. The van der Waals surface area contributed by atoms with Crippen LogP contribution in [0.5, 0.6) is 0 Å². The lowest BCUT2D eigenvalue weighted by molar-refractivity contribution is -0.134. The number of piperazine rings is 1. The molecule has 1 unspecified atom stereocenters. The van der Waals surface area contributed by atoms with Crippen LogP contribution in [0.1, 0.15) is 50.1 Å². The van der Waals surface area contributed by atoms with Crippen LogP contribution in [-0.2, 0) is 4.79 Å². The van der Waals surface area contributed by atoms with Gasteiger partial charge in [-0.2, -0.15) is 5.10 Å². The highest BCUT2D eigenvalue weighted by molar-refractivity contribution is 5.84. The third-order valence-electron chi connectivity index (χ3n) is 4.70. The summed E-state index contributed by atoms with van der Waals surface area (Å²) >= 11 is 0. The lowest BCUT2D eigenvalue weighted by Crippen LogP contribution is -2.50. The second-order valence-corrected chi connectivity index (χ2v) is 6.92. The maximum atomic E-state index is 12.7. The molecule has 0 spiro atoms. The van der Waals surface area contributed by atoms with Crippen molar-refractivity contribution in [1.82, 2.24) is 20.0 Å². The Morgan fingerprint density at radius 2 is 1.82 bits per heavy atom. The van der Waals surface area contributed by atoms with Gasteiger partial charge in [0.2, 0.25) is 5.91 Å². The van der Waals surface area contributed by atoms with Crippen molar-refractivity contribution < 1.29 is 4.79 Å². The molecule has 0 radical (unpaired) electrons. The van der Waals surface area contributed by atoms with Crippen molar-refractivity contribution in [2.45, 2.75) is 47.0 Å². The van der Waals surface area contributed by atoms with Gasteiger partial charge in [-0.25, -0.2) is 0 Å². The third-order valence-corrected chi connectivity index (χ3v) is 4.70. The number of amides is 1. The van der Waals surface area contributed by atoms with Gasteiger partial charge in [-0.05, 0) is 39.7 Å². The van der Waals surface area contributed by atoms with Crippen molar-refractivity contribution >= 4 is 5.91 Å². The van der Waals surface area contributed by atoms with Gasteiger partial charge in [-0.3, -0.25) is 14.8 Å². The van der Waals surface area contributed by atoms with E-state index in [4.69, 9.17) is 0 Å². The molecule has 1 aliphatic rings. The number of hydrogen-bond acceptors (Lipinski definition) is 3. The molecular weight excluding hydrogens is 276 g/mol. The van der Waals surface area contributed by atoms with Gasteiger partial charge in [-0.1, -0.05) is 13.8 Å². The number of hydrogen-bond donors (Lipinski definition) is 1. The zero-order chi connectivity index (χ0) is 16.3. The summed E-state index contributed by atoms with van der Waals surface area (Å²) in [6, 6.07) is 0. The summed E-state index contributed by atoms with van der Waals surface area (Å²) in [6.07, 6.45) is 1.23. The Labute approximate surface area is 134 Å². The number of rotatable bonds is 5. The number of carbonyl (C=O) groups is 1. The molecule has 2 rings (SSSR count). The fraction of sp³-hybridized carbons (Fsp3) is 0.765. The minimum absolute atomic E-state index is 0.110. The molecule has 22 heavy (non-hydrogen) atoms. The molecule has 0 bridgehead atoms. The summed E-state index contributed by atoms with van der Waals surface area (Å²) in [5.74, 6) is 0.865. The molecule has 1 N–H and O–H groups in total. The lowest BCUT2D eigenvalue weighted by atomic mass is 9.97. The second kappa shape index (κ2) is 7.27. The van der Waals surface area contributed by atoms with Crippen LogP contribution in [0.4, 0.5) is 0 Å². The average Bonchev–Trinajstić information content (AvgIpc) is 2.83. The SMILES string of the molecule is Cc1n[nH]c(C)c1C(C)C(=O)N1CCN(CCC(C)C)CC1. The van der Waals surface area contributed by atoms with Crippen molar-refractivity contribution in [2.24, 2.45) is 5.92 Å². The third kappa shape index (κ3) is 3.88. The van der Waals surface area contributed by atoms with E-state index in [0.717, 1.165) is 55.6 Å². The topological polar surface area (TPSA) is 52.2 Å². The number of H-pyrrole nitrogens is 1. The molecule has 1 amide bonds. The summed E-state index contributed by atoms with van der Waals surface area (Å²) < 4.78 is 0. The lowest BCUT2D eigenvalue weighted by Gasteiger charge is -2.36. The van der Waals surface area contributed by atoms with E-state index in [1.165, 1.54) is 6.42 Å². The predicted molar refractivity (Wildman–Crippen MR) is 89.0 cm³/mol. The van der Waals surface area contributed by atoms with E-state index in [2.05, 4.69) is 28.9 Å². The van der Waals surface area contributed by atoms with E-state index in [0.29, 0.717) is 0 Å². The van der Waals surface area contributed by atoms with Crippen molar-refractivity contribution in [2.75, 3.05) is 32.7 Å². The van der Waals surface area contributed by atoms with Gasteiger partial charge in [0.15, 0.2) is 0 Å². The Balaban J connectivity index is 1.90. The first-order chi connectivity index (χ1) is 10.4. The van der Waals surface area contributed by atoms with Crippen molar-refractivity contribution in [3.05, 3.63) is 17.0 Å². The van der Waals surface area contributed by atoms with E-state index in [1.54, 1.807) is 0 Å². The maximum Gasteiger partial charge on any atom is 0.230 e. The van der Waals surface area contributed by atoms with Crippen LogP contribution in [0.25, 0.3) is 0 Å². The summed E-state index contributed by atoms with van der Waals surface area (Å²) in [5, 5.41) is 7.19. The maximum absolute atomic E-state index is 12.7. The smallest absolute Gasteiger partial charge is 0.230 e. The van der Waals surface area contributed by atoms with Crippen LogP contribution in [0.3, 0.4) is 0 Å². The minimum Gasteiger partial charge on any atom is -0.340 e. The van der Waals surface area contributed by atoms with Gasteiger partial charge in [-0.15, -0.1) is 0 Å². The molecule has 0 aliphatic carbocycles. The molecule has 2 heterocycles. The monoisotopic (exact) mass is 306 g/mol. The van der Waals surface area contributed by atoms with E-state index in [1.807, 2.05) is 25.7 Å². The number of nitrogens with zero attached hydrogens (tertiary/aromatic N) is 3. The number of nitrogens with one attached hydrogen (secondary N) is 1. The zero-order valence-corrected chi connectivity index (χ0v) is 14.6. The fourth-order valence-electron chi connectivity index (χ4n) is 3.23. The Morgan fingerprint density at radius 3 is 2.32 bits per heavy atom. The molecule has 5 heteroatoms. The largest absolute Gasteiger partial charge is 0.340 e. The molecule has 0 saturated carbocycles. The van der Waals surface area contributed by atoms with Gasteiger partial charge < -0.3 is 4.90 Å². The van der Waals surface area contributed by atoms with E-state index < -0.39 is 0 Å². The summed E-state index contributed by atoms with van der Waals surface area (Å²) in [5.41, 5.74) is 3.01. The summed E-state index contributed by atoms with van der Waals surface area (Å²) in [4.78, 5) is 17.2. The van der Waals surface area contributed by atoms with Crippen molar-refractivity contribution in [3.8, 4) is 0 Å². The van der Waals surface area contributed by atoms with Crippen LogP contribution in [-0.4, -0.2) is 58.6 Å². The molecule has 1 aromatic heterocycles. The highest BCUT2D eigenvalue weighted by Gasteiger charge is 2.28. The Hall–Kier alpha value is -1.36. The first-order valence-corrected chi connectivity index (χ1v) is 8.42. The summed E-state index contributed by atoms with van der Waals surface area (Å²) in [7, 11) is 0. The highest BCUT2D eigenvalue weighted by atomic mass is 16.2. The molecule has 124 valence electrons. The average molecular weight is 306 g/mol. The molecule has 5 nitrogen and oxygen atoms in total. The number of aryl methyl sites for hydroxylation is 2. The summed E-state index contributed by atoms with van der Waals surface area (Å²) in [6.45, 7) is 15.3. The quantitative estimate of drug-likeness (QED) is 0.908. The predicted octanol–water partition coefficient (Wildman–Crippen LogP) is 2.32. The van der Waals surface area contributed by atoms with Gasteiger partial charge in [0.1, 0.15) is 0 Å². The van der Waals surface area contributed by atoms with Gasteiger partial charge in [0.25, 0.3) is 0 Å². The first-order valence-electron chi connectivity index (χ1n) is 8.42. The standard InChI is InChI=1S/C17H30N4O/c1-12(2)6-7-20-8-10-21(11-9-20)17(22)13(3)16-14(4)18-19-15(16)5/h12-13H,6-11H2,1-5H3,(H,18,19). The van der Waals surface area contributed by atoms with Crippen molar-refractivity contribution in [3.63, 3.8) is 0 Å². The first kappa shape index (κ1) is 17.0. The molecule has 0 aromatic carbocycles. The molecule has 1 aromatic rings. The number of carbonyl (C=O) groups excluding carboxylic acids is 1. The molecular formula is C17H30N4O. The number of aromatic amines is 1. The van der Waals surface area contributed by atoms with Crippen LogP contribution >= 0.6 is 0 Å². The Kier molecular flexibility index (Phi) is 5.62. The van der Waals surface area contributed by atoms with E-state index in [9.17, 15) is 4.79 Å². The highest BCUT2D eigenvalue weighted by Crippen LogP contribution is 2.24. The molecule has 1 saturated heterocycles. The fourth-order valence-corrected chi connectivity index (χ4v) is 3.23. The van der Waals surface area contributed by atoms with Crippen LogP contribution in [0, 0.1) is 19.8 Å². The van der Waals surface area contributed by atoms with Crippen molar-refractivity contribution in [1.29, 1.82) is 0 Å². The molecule has 1 atom stereocenters. The van der Waals surface area contributed by atoms with Crippen LogP contribution in [0.2, 0.25) is 0 Å². The molecule has 1 fully saturated rings. The normalized spacial score (nSPS) is 18.0. The van der Waals surface area contributed by atoms with Gasteiger partial charge in [0.05, 0.1) is 11.6 Å². The van der Waals surface area contributed by atoms with Crippen LogP contribution in [0.15, 0.2) is 0 Å². The Bertz CT molecular complexity index is 481. The second-order valence-electron chi connectivity index (χ2n) is 6.92. The number of aromatic nitrogens is 2. The molecule has 1 aliphatic heterocycles. The van der Waals surface area contributed by atoms with Crippen LogP contribution < -0.4 is 0 Å². The zero-order valence-electron chi connectivity index (χ0n) is 14.6. The van der Waals surface area contributed by atoms with Gasteiger partial charge >= 0.3 is 0 Å².